The highest BCUT2D eigenvalue weighted by atomic mass is 35.5. The molecule has 0 heterocycles. The average molecular weight is 295 g/mol. The first-order chi connectivity index (χ1) is 9.49. The van der Waals surface area contributed by atoms with Gasteiger partial charge in [-0.1, -0.05) is 17.7 Å². The molecule has 2 aromatic rings. The summed E-state index contributed by atoms with van der Waals surface area (Å²) in [6.45, 7) is 2.04. The number of halogens is 2. The van der Waals surface area contributed by atoms with Crippen LogP contribution in [-0.2, 0) is 6.54 Å². The molecule has 20 heavy (non-hydrogen) atoms. The minimum Gasteiger partial charge on any atom is -0.381 e. The predicted molar refractivity (Wildman–Crippen MR) is 76.6 cm³/mol. The van der Waals surface area contributed by atoms with Gasteiger partial charge in [-0.2, -0.15) is 0 Å². The Morgan fingerprint density at radius 1 is 1.35 bits per heavy atom. The van der Waals surface area contributed by atoms with E-state index in [0.29, 0.717) is 28.4 Å². The molecule has 0 aromatic heterocycles. The number of nitro groups is 1. The molecule has 0 aliphatic heterocycles. The highest BCUT2D eigenvalue weighted by Gasteiger charge is 2.10. The van der Waals surface area contributed by atoms with E-state index >= 15 is 0 Å². The molecule has 1 N–H and O–H groups in total. The summed E-state index contributed by atoms with van der Waals surface area (Å²) in [5, 5.41) is 14.0. The average Bonchev–Trinajstić information content (AvgIpc) is 2.41. The van der Waals surface area contributed by atoms with Crippen LogP contribution in [0.2, 0.25) is 5.02 Å². The van der Waals surface area contributed by atoms with Crippen LogP contribution in [-0.4, -0.2) is 4.92 Å². The molecule has 0 aliphatic rings. The molecule has 2 aromatic carbocycles. The van der Waals surface area contributed by atoms with Crippen LogP contribution >= 0.6 is 11.6 Å². The molecule has 0 radical (unpaired) electrons. The molecule has 0 aliphatic carbocycles. The standard InChI is InChI=1S/C14H12ClFN2O2/c1-9-13(16)3-2-4-14(9)17-8-10-5-6-11(18(19)20)7-12(10)15/h2-7,17H,8H2,1H3. The Morgan fingerprint density at radius 2 is 2.10 bits per heavy atom. The van der Waals surface area contributed by atoms with Crippen molar-refractivity contribution in [1.82, 2.24) is 0 Å². The second-order valence-corrected chi connectivity index (χ2v) is 4.71. The van der Waals surface area contributed by atoms with E-state index in [1.54, 1.807) is 25.1 Å². The van der Waals surface area contributed by atoms with Gasteiger partial charge >= 0.3 is 0 Å². The van der Waals surface area contributed by atoms with E-state index in [0.717, 1.165) is 0 Å². The Morgan fingerprint density at radius 3 is 2.75 bits per heavy atom. The van der Waals surface area contributed by atoms with E-state index in [9.17, 15) is 14.5 Å². The van der Waals surface area contributed by atoms with Gasteiger partial charge in [-0.05, 0) is 30.7 Å². The van der Waals surface area contributed by atoms with Crippen LogP contribution in [0.5, 0.6) is 0 Å². The van der Waals surface area contributed by atoms with Gasteiger partial charge in [-0.15, -0.1) is 0 Å². The van der Waals surface area contributed by atoms with Crippen molar-refractivity contribution in [3.8, 4) is 0 Å². The van der Waals surface area contributed by atoms with Crippen molar-refractivity contribution < 1.29 is 9.31 Å². The third-order valence-electron chi connectivity index (χ3n) is 2.98. The smallest absolute Gasteiger partial charge is 0.270 e. The van der Waals surface area contributed by atoms with Crippen molar-refractivity contribution in [3.05, 3.63) is 68.5 Å². The van der Waals surface area contributed by atoms with Gasteiger partial charge in [0.2, 0.25) is 0 Å². The van der Waals surface area contributed by atoms with Crippen LogP contribution in [0, 0.1) is 22.9 Å². The summed E-state index contributed by atoms with van der Waals surface area (Å²) in [7, 11) is 0. The second kappa shape index (κ2) is 5.88. The van der Waals surface area contributed by atoms with E-state index in [-0.39, 0.29) is 11.5 Å². The highest BCUT2D eigenvalue weighted by Crippen LogP contribution is 2.24. The maximum atomic E-state index is 13.4. The lowest BCUT2D eigenvalue weighted by Crippen LogP contribution is -2.03. The van der Waals surface area contributed by atoms with Gasteiger partial charge in [0, 0.05) is 29.9 Å². The lowest BCUT2D eigenvalue weighted by molar-refractivity contribution is -0.384. The summed E-state index contributed by atoms with van der Waals surface area (Å²) in [5.41, 5.74) is 1.84. The number of hydrogen-bond acceptors (Lipinski definition) is 3. The van der Waals surface area contributed by atoms with Gasteiger partial charge < -0.3 is 5.32 Å². The third kappa shape index (κ3) is 3.05. The highest BCUT2D eigenvalue weighted by molar-refractivity contribution is 6.31. The molecule has 104 valence electrons. The quantitative estimate of drug-likeness (QED) is 0.675. The van der Waals surface area contributed by atoms with Crippen molar-refractivity contribution in [2.45, 2.75) is 13.5 Å². The topological polar surface area (TPSA) is 55.2 Å². The molecule has 4 nitrogen and oxygen atoms in total. The van der Waals surface area contributed by atoms with Crippen molar-refractivity contribution in [2.75, 3.05) is 5.32 Å². The third-order valence-corrected chi connectivity index (χ3v) is 3.34. The number of non-ortho nitro benzene ring substituents is 1. The van der Waals surface area contributed by atoms with Crippen LogP contribution in [0.15, 0.2) is 36.4 Å². The van der Waals surface area contributed by atoms with E-state index in [4.69, 9.17) is 11.6 Å². The van der Waals surface area contributed by atoms with Gasteiger partial charge in [-0.25, -0.2) is 4.39 Å². The number of anilines is 1. The molecule has 0 bridgehead atoms. The van der Waals surface area contributed by atoms with Crippen LogP contribution in [0.3, 0.4) is 0 Å². The molecule has 0 spiro atoms. The zero-order valence-electron chi connectivity index (χ0n) is 10.7. The van der Waals surface area contributed by atoms with Crippen LogP contribution in [0.1, 0.15) is 11.1 Å². The summed E-state index contributed by atoms with van der Waals surface area (Å²) in [6.07, 6.45) is 0. The number of nitro benzene ring substituents is 1. The SMILES string of the molecule is Cc1c(F)cccc1NCc1ccc([N+](=O)[O-])cc1Cl. The molecular weight excluding hydrogens is 283 g/mol. The minimum atomic E-state index is -0.500. The Hall–Kier alpha value is -2.14. The van der Waals surface area contributed by atoms with Gasteiger partial charge in [0.25, 0.3) is 5.69 Å². The molecule has 0 fully saturated rings. The monoisotopic (exact) mass is 294 g/mol. The maximum Gasteiger partial charge on any atom is 0.270 e. The summed E-state index contributed by atoms with van der Waals surface area (Å²) >= 11 is 5.99. The number of nitrogens with zero attached hydrogens (tertiary/aromatic N) is 1. The zero-order chi connectivity index (χ0) is 14.7. The first-order valence-corrected chi connectivity index (χ1v) is 6.28. The van der Waals surface area contributed by atoms with E-state index in [1.807, 2.05) is 0 Å². The molecular formula is C14H12ClFN2O2. The Balaban J connectivity index is 2.15. The fourth-order valence-electron chi connectivity index (χ4n) is 1.78. The number of nitrogens with one attached hydrogen (secondary N) is 1. The molecule has 2 rings (SSSR count). The van der Waals surface area contributed by atoms with Crippen LogP contribution in [0.25, 0.3) is 0 Å². The van der Waals surface area contributed by atoms with Gasteiger partial charge in [0.15, 0.2) is 0 Å². The summed E-state index contributed by atoms with van der Waals surface area (Å²) in [4.78, 5) is 10.1. The number of benzene rings is 2. The van der Waals surface area contributed by atoms with E-state index in [2.05, 4.69) is 5.32 Å². The summed E-state index contributed by atoms with van der Waals surface area (Å²) in [6, 6.07) is 9.04. The zero-order valence-corrected chi connectivity index (χ0v) is 11.4. The summed E-state index contributed by atoms with van der Waals surface area (Å²) < 4.78 is 13.4. The van der Waals surface area contributed by atoms with Crippen molar-refractivity contribution in [2.24, 2.45) is 0 Å². The van der Waals surface area contributed by atoms with Crippen LogP contribution in [0.4, 0.5) is 15.8 Å². The Bertz CT molecular complexity index is 662. The lowest BCUT2D eigenvalue weighted by Gasteiger charge is -2.11. The molecule has 0 saturated heterocycles. The Kier molecular flexibility index (Phi) is 4.20. The molecule has 0 atom stereocenters. The first kappa shape index (κ1) is 14.3. The van der Waals surface area contributed by atoms with E-state index < -0.39 is 4.92 Å². The van der Waals surface area contributed by atoms with Crippen molar-refractivity contribution in [3.63, 3.8) is 0 Å². The maximum absolute atomic E-state index is 13.4. The lowest BCUT2D eigenvalue weighted by atomic mass is 10.1. The van der Waals surface area contributed by atoms with Crippen LogP contribution < -0.4 is 5.32 Å². The number of rotatable bonds is 4. The molecule has 0 unspecified atom stereocenters. The first-order valence-electron chi connectivity index (χ1n) is 5.91. The van der Waals surface area contributed by atoms with E-state index in [1.165, 1.54) is 18.2 Å². The van der Waals surface area contributed by atoms with Gasteiger partial charge in [-0.3, -0.25) is 10.1 Å². The summed E-state index contributed by atoms with van der Waals surface area (Å²) in [5.74, 6) is -0.287. The second-order valence-electron chi connectivity index (χ2n) is 4.30. The fraction of sp³-hybridized carbons (Fsp3) is 0.143. The van der Waals surface area contributed by atoms with Gasteiger partial charge in [0.1, 0.15) is 5.82 Å². The van der Waals surface area contributed by atoms with Crippen molar-refractivity contribution >= 4 is 23.0 Å². The largest absolute Gasteiger partial charge is 0.381 e. The molecule has 0 saturated carbocycles. The van der Waals surface area contributed by atoms with Gasteiger partial charge in [0.05, 0.1) is 9.95 Å². The Labute approximate surface area is 120 Å². The molecule has 0 amide bonds. The molecule has 6 heteroatoms. The van der Waals surface area contributed by atoms with Crippen molar-refractivity contribution in [1.29, 1.82) is 0 Å². The number of hydrogen-bond donors (Lipinski definition) is 1. The predicted octanol–water partition coefficient (Wildman–Crippen LogP) is 4.31. The fourth-order valence-corrected chi connectivity index (χ4v) is 2.02. The minimum absolute atomic E-state index is 0.0549. The normalized spacial score (nSPS) is 10.3.